The molecule has 1 fully saturated rings. The molecule has 0 aromatic carbocycles. The molecule has 0 aromatic heterocycles. The highest BCUT2D eigenvalue weighted by molar-refractivity contribution is 8.03. The van der Waals surface area contributed by atoms with Crippen molar-refractivity contribution in [2.75, 3.05) is 6.54 Å². The smallest absolute Gasteiger partial charge is 0.0866 e. The minimum absolute atomic E-state index is 0.380. The zero-order chi connectivity index (χ0) is 18.9. The van der Waals surface area contributed by atoms with Crippen molar-refractivity contribution in [3.8, 4) is 0 Å². The summed E-state index contributed by atoms with van der Waals surface area (Å²) >= 11 is 6.30. The lowest BCUT2D eigenvalue weighted by molar-refractivity contribution is 0.262. The maximum Gasteiger partial charge on any atom is 0.0866 e. The largest absolute Gasteiger partial charge is 0.376 e. The van der Waals surface area contributed by atoms with Gasteiger partial charge in [-0.2, -0.15) is 0 Å². The van der Waals surface area contributed by atoms with Crippen LogP contribution in [0.4, 0.5) is 0 Å². The van der Waals surface area contributed by atoms with Gasteiger partial charge in [-0.15, -0.1) is 11.8 Å². The Morgan fingerprint density at radius 2 is 2.00 bits per heavy atom. The molecule has 2 N–H and O–H groups in total. The van der Waals surface area contributed by atoms with Crippen LogP contribution in [0, 0.1) is 23.2 Å². The zero-order valence-electron chi connectivity index (χ0n) is 16.7. The van der Waals surface area contributed by atoms with Gasteiger partial charge in [-0.3, -0.25) is 4.72 Å². The van der Waals surface area contributed by atoms with Crippen LogP contribution in [0.25, 0.3) is 0 Å². The van der Waals surface area contributed by atoms with Gasteiger partial charge in [-0.05, 0) is 55.3 Å². The first kappa shape index (κ1) is 20.4. The summed E-state index contributed by atoms with van der Waals surface area (Å²) in [5, 5.41) is 4.25. The summed E-state index contributed by atoms with van der Waals surface area (Å²) < 4.78 is 3.09. The number of hydrogen-bond donors (Lipinski definition) is 3. The van der Waals surface area contributed by atoms with Crippen LogP contribution in [0.15, 0.2) is 34.9 Å². The van der Waals surface area contributed by atoms with Gasteiger partial charge in [-0.25, -0.2) is 0 Å². The van der Waals surface area contributed by atoms with Crippen molar-refractivity contribution in [1.29, 1.82) is 0 Å². The summed E-state index contributed by atoms with van der Waals surface area (Å²) in [7, 11) is 0. The molecular formula is C22H36N2S2. The molecule has 0 amide bonds. The van der Waals surface area contributed by atoms with E-state index in [1.165, 1.54) is 56.2 Å². The first-order valence-corrected chi connectivity index (χ1v) is 11.5. The van der Waals surface area contributed by atoms with Crippen LogP contribution >= 0.6 is 24.6 Å². The average molecular weight is 393 g/mol. The van der Waals surface area contributed by atoms with Gasteiger partial charge in [0.1, 0.15) is 0 Å². The molecule has 4 atom stereocenters. The maximum absolute atomic E-state index is 4.49. The molecule has 4 heteroatoms. The topological polar surface area (TPSA) is 24.1 Å². The van der Waals surface area contributed by atoms with Gasteiger partial charge in [0.05, 0.1) is 5.37 Å². The van der Waals surface area contributed by atoms with Crippen LogP contribution in [-0.2, 0) is 0 Å². The SMILES string of the molecule is C=C(NC1SC2=C(CC(C)(C)CC2)C1C(=C)C)C1CCCCC1CNS. The molecule has 3 aliphatic rings. The Kier molecular flexibility index (Phi) is 6.57. The summed E-state index contributed by atoms with van der Waals surface area (Å²) in [5.41, 5.74) is 4.61. The van der Waals surface area contributed by atoms with Crippen molar-refractivity contribution in [2.45, 2.75) is 71.1 Å². The Morgan fingerprint density at radius 1 is 1.27 bits per heavy atom. The Hall–Kier alpha value is -0.320. The summed E-state index contributed by atoms with van der Waals surface area (Å²) in [5.74, 6) is 1.66. The molecule has 26 heavy (non-hydrogen) atoms. The molecule has 1 aliphatic heterocycles. The molecule has 2 nitrogen and oxygen atoms in total. The highest BCUT2D eigenvalue weighted by Gasteiger charge is 2.41. The Balaban J connectivity index is 1.71. The Bertz CT molecular complexity index is 591. The van der Waals surface area contributed by atoms with Crippen LogP contribution in [-0.4, -0.2) is 11.9 Å². The number of rotatable bonds is 6. The maximum atomic E-state index is 4.49. The van der Waals surface area contributed by atoms with E-state index in [0.717, 1.165) is 6.54 Å². The molecule has 4 unspecified atom stereocenters. The normalized spacial score (nSPS) is 33.7. The molecule has 3 rings (SSSR count). The Labute approximate surface area is 170 Å². The van der Waals surface area contributed by atoms with E-state index in [0.29, 0.717) is 28.5 Å². The van der Waals surface area contributed by atoms with Crippen molar-refractivity contribution >= 4 is 24.6 Å². The van der Waals surface area contributed by atoms with E-state index < -0.39 is 0 Å². The van der Waals surface area contributed by atoms with Gasteiger partial charge >= 0.3 is 0 Å². The van der Waals surface area contributed by atoms with Crippen LogP contribution in [0.5, 0.6) is 0 Å². The van der Waals surface area contributed by atoms with Crippen molar-refractivity contribution in [1.82, 2.24) is 10.0 Å². The highest BCUT2D eigenvalue weighted by Crippen LogP contribution is 2.54. The average Bonchev–Trinajstić information content (AvgIpc) is 2.91. The van der Waals surface area contributed by atoms with Gasteiger partial charge < -0.3 is 5.32 Å². The summed E-state index contributed by atoms with van der Waals surface area (Å²) in [4.78, 5) is 1.62. The van der Waals surface area contributed by atoms with Crippen LogP contribution in [0.1, 0.15) is 65.7 Å². The second-order valence-corrected chi connectivity index (χ2v) is 10.9. The number of thiol groups is 1. The zero-order valence-corrected chi connectivity index (χ0v) is 18.4. The fraction of sp³-hybridized carbons (Fsp3) is 0.727. The number of hydrogen-bond acceptors (Lipinski definition) is 4. The molecule has 1 heterocycles. The molecular weight excluding hydrogens is 356 g/mol. The first-order valence-electron chi connectivity index (χ1n) is 10.2. The van der Waals surface area contributed by atoms with Gasteiger partial charge in [0.25, 0.3) is 0 Å². The molecule has 146 valence electrons. The summed E-state index contributed by atoms with van der Waals surface area (Å²) in [6.45, 7) is 16.8. The molecule has 2 aliphatic carbocycles. The van der Waals surface area contributed by atoms with Gasteiger partial charge in [0.15, 0.2) is 0 Å². The Morgan fingerprint density at radius 3 is 2.69 bits per heavy atom. The van der Waals surface area contributed by atoms with E-state index in [9.17, 15) is 0 Å². The second kappa shape index (κ2) is 8.36. The molecule has 0 radical (unpaired) electrons. The third kappa shape index (κ3) is 4.39. The first-order chi connectivity index (χ1) is 12.3. The molecule has 0 bridgehead atoms. The number of thioether (sulfide) groups is 1. The van der Waals surface area contributed by atoms with Crippen molar-refractivity contribution in [3.05, 3.63) is 34.9 Å². The fourth-order valence-corrected chi connectivity index (χ4v) is 6.98. The molecule has 1 saturated carbocycles. The standard InChI is InChI=1S/C22H36N2S2/c1-14(2)20-18-12-22(4,5)11-10-19(18)26-21(20)24-15(3)17-9-7-6-8-16(17)13-23-25/h16-17,20-21,23-25H,1,3,6-13H2,2,4-5H3. The van der Waals surface area contributed by atoms with Crippen LogP contribution in [0.2, 0.25) is 0 Å². The van der Waals surface area contributed by atoms with E-state index in [2.05, 4.69) is 68.5 Å². The van der Waals surface area contributed by atoms with Gasteiger partial charge in [0.2, 0.25) is 0 Å². The third-order valence-electron chi connectivity index (χ3n) is 6.57. The van der Waals surface area contributed by atoms with E-state index in [4.69, 9.17) is 0 Å². The number of allylic oxidation sites excluding steroid dienone is 2. The second-order valence-electron chi connectivity index (χ2n) is 9.33. The highest BCUT2D eigenvalue weighted by atomic mass is 32.2. The van der Waals surface area contributed by atoms with Crippen LogP contribution in [0.3, 0.4) is 0 Å². The minimum atomic E-state index is 0.380. The lowest BCUT2D eigenvalue weighted by atomic mass is 9.72. The van der Waals surface area contributed by atoms with Crippen molar-refractivity contribution < 1.29 is 0 Å². The fourth-order valence-electron chi connectivity index (χ4n) is 5.12. The minimum Gasteiger partial charge on any atom is -0.376 e. The lowest BCUT2D eigenvalue weighted by Crippen LogP contribution is -2.38. The van der Waals surface area contributed by atoms with Crippen LogP contribution < -0.4 is 10.0 Å². The predicted molar refractivity (Wildman–Crippen MR) is 119 cm³/mol. The quantitative estimate of drug-likeness (QED) is 0.378. The molecule has 0 spiro atoms. The number of nitrogens with one attached hydrogen (secondary N) is 2. The van der Waals surface area contributed by atoms with E-state index in [-0.39, 0.29) is 0 Å². The third-order valence-corrected chi connectivity index (χ3v) is 8.15. The summed E-state index contributed by atoms with van der Waals surface area (Å²) in [6, 6.07) is 0. The van der Waals surface area contributed by atoms with Crippen molar-refractivity contribution in [3.63, 3.8) is 0 Å². The molecule has 0 saturated heterocycles. The monoisotopic (exact) mass is 392 g/mol. The lowest BCUT2D eigenvalue weighted by Gasteiger charge is -2.36. The summed E-state index contributed by atoms with van der Waals surface area (Å²) in [6.07, 6.45) is 8.93. The van der Waals surface area contributed by atoms with E-state index in [1.54, 1.807) is 10.5 Å². The molecule has 0 aromatic rings. The predicted octanol–water partition coefficient (Wildman–Crippen LogP) is 6.06. The van der Waals surface area contributed by atoms with Gasteiger partial charge in [0, 0.05) is 24.1 Å². The van der Waals surface area contributed by atoms with Crippen molar-refractivity contribution in [2.24, 2.45) is 23.2 Å². The van der Waals surface area contributed by atoms with E-state index in [1.807, 2.05) is 0 Å². The van der Waals surface area contributed by atoms with Gasteiger partial charge in [-0.1, -0.05) is 63.8 Å². The van der Waals surface area contributed by atoms with E-state index >= 15 is 0 Å².